The highest BCUT2D eigenvalue weighted by molar-refractivity contribution is 5.89. The van der Waals surface area contributed by atoms with E-state index in [1.807, 2.05) is 0 Å². The van der Waals surface area contributed by atoms with E-state index in [1.165, 1.54) is 0 Å². The van der Waals surface area contributed by atoms with Crippen molar-refractivity contribution in [3.05, 3.63) is 0 Å². The molecule has 0 unspecified atom stereocenters. The van der Waals surface area contributed by atoms with Gasteiger partial charge in [-0.05, 0) is 54.4 Å². The summed E-state index contributed by atoms with van der Waals surface area (Å²) in [6.07, 6.45) is 0.856. The van der Waals surface area contributed by atoms with Gasteiger partial charge in [-0.25, -0.2) is 0 Å². The summed E-state index contributed by atoms with van der Waals surface area (Å²) in [6, 6.07) is 0. The van der Waals surface area contributed by atoms with Crippen LogP contribution in [0.5, 0.6) is 0 Å². The first-order valence-electron chi connectivity index (χ1n) is 7.34. The van der Waals surface area contributed by atoms with Gasteiger partial charge in [-0.3, -0.25) is 19.2 Å². The van der Waals surface area contributed by atoms with Crippen LogP contribution in [0.1, 0.15) is 67.2 Å². The van der Waals surface area contributed by atoms with Crippen molar-refractivity contribution >= 4 is 23.9 Å². The molecule has 0 atom stereocenters. The van der Waals surface area contributed by atoms with Crippen LogP contribution in [0.3, 0.4) is 0 Å². The van der Waals surface area contributed by atoms with E-state index in [4.69, 9.17) is 0 Å². The lowest BCUT2D eigenvalue weighted by atomic mass is 9.97. The van der Waals surface area contributed by atoms with Crippen LogP contribution in [0.2, 0.25) is 0 Å². The van der Waals surface area contributed by atoms with E-state index in [1.54, 1.807) is 41.5 Å². The number of hydrogen-bond acceptors (Lipinski definition) is 6. The van der Waals surface area contributed by atoms with Gasteiger partial charge in [0.2, 0.25) is 0 Å². The van der Waals surface area contributed by atoms with Crippen LogP contribution >= 0.6 is 0 Å². The van der Waals surface area contributed by atoms with Crippen molar-refractivity contribution in [2.45, 2.75) is 67.2 Å². The third-order valence-corrected chi connectivity index (χ3v) is 2.65. The Labute approximate surface area is 131 Å². The molecule has 0 aromatic rings. The van der Waals surface area contributed by atoms with E-state index in [2.05, 4.69) is 9.47 Å². The predicted molar refractivity (Wildman–Crippen MR) is 79.6 cm³/mol. The molecule has 0 aliphatic heterocycles. The monoisotopic (exact) mass is 314 g/mol. The number of hydrogen-bond donors (Lipinski definition) is 0. The molecule has 0 saturated carbocycles. The summed E-state index contributed by atoms with van der Waals surface area (Å²) in [5.41, 5.74) is -1.46. The molecule has 126 valence electrons. The summed E-state index contributed by atoms with van der Waals surface area (Å²) in [7, 11) is 0. The van der Waals surface area contributed by atoms with Gasteiger partial charge in [-0.15, -0.1) is 0 Å². The van der Waals surface area contributed by atoms with Crippen LogP contribution < -0.4 is 0 Å². The van der Waals surface area contributed by atoms with E-state index in [0.29, 0.717) is 12.8 Å². The number of rotatable bonds is 5. The van der Waals surface area contributed by atoms with Gasteiger partial charge in [-0.2, -0.15) is 0 Å². The molecule has 0 N–H and O–H groups in total. The van der Waals surface area contributed by atoms with E-state index < -0.39 is 34.7 Å². The molecule has 22 heavy (non-hydrogen) atoms. The molecule has 0 fully saturated rings. The first-order valence-corrected chi connectivity index (χ1v) is 7.34. The molecule has 6 heteroatoms. The van der Waals surface area contributed by atoms with Crippen LogP contribution in [0.25, 0.3) is 0 Å². The fraction of sp³-hybridized carbons (Fsp3) is 0.750. The molecular weight excluding hydrogens is 288 g/mol. The summed E-state index contributed by atoms with van der Waals surface area (Å²) >= 11 is 0. The molecule has 0 rings (SSSR count). The van der Waals surface area contributed by atoms with Gasteiger partial charge in [0.05, 0.1) is 10.8 Å². The maximum Gasteiger partial charge on any atom is 0.318 e. The van der Waals surface area contributed by atoms with Crippen molar-refractivity contribution < 1.29 is 28.7 Å². The number of carbonyl (C=O) groups excluding carboxylic acids is 4. The summed E-state index contributed by atoms with van der Waals surface area (Å²) in [6.45, 7) is 9.95. The zero-order chi connectivity index (χ0) is 17.6. The highest BCUT2D eigenvalue weighted by atomic mass is 16.6. The molecule has 0 saturated heterocycles. The largest absolute Gasteiger partial charge is 0.393 e. The molecule has 0 bridgehead atoms. The zero-order valence-electron chi connectivity index (χ0n) is 14.3. The minimum Gasteiger partial charge on any atom is -0.393 e. The third-order valence-electron chi connectivity index (χ3n) is 2.65. The molecule has 6 nitrogen and oxygen atoms in total. The van der Waals surface area contributed by atoms with E-state index in [-0.39, 0.29) is 12.8 Å². The van der Waals surface area contributed by atoms with Gasteiger partial charge < -0.3 is 9.47 Å². The maximum absolute atomic E-state index is 11.5. The topological polar surface area (TPSA) is 86.7 Å². The third kappa shape index (κ3) is 8.54. The lowest BCUT2D eigenvalue weighted by Gasteiger charge is -2.15. The van der Waals surface area contributed by atoms with Gasteiger partial charge in [-0.1, -0.05) is 0 Å². The van der Waals surface area contributed by atoms with Crippen molar-refractivity contribution in [1.82, 2.24) is 0 Å². The first-order chi connectivity index (χ1) is 9.84. The second kappa shape index (κ2) is 8.06. The molecule has 0 amide bonds. The minimum absolute atomic E-state index is 0.0440. The quantitative estimate of drug-likeness (QED) is 0.440. The highest BCUT2D eigenvalue weighted by Gasteiger charge is 2.26. The van der Waals surface area contributed by atoms with Crippen LogP contribution in [0, 0.1) is 10.8 Å². The average Bonchev–Trinajstić information content (AvgIpc) is 2.32. The zero-order valence-corrected chi connectivity index (χ0v) is 14.3. The maximum atomic E-state index is 11.5. The Balaban J connectivity index is 3.94. The molecule has 0 radical (unpaired) electrons. The first kappa shape index (κ1) is 20.3. The number of ether oxygens (including phenoxy) is 2. The molecular formula is C16H26O6. The summed E-state index contributed by atoms with van der Waals surface area (Å²) in [5.74, 6) is -2.38. The lowest BCUT2D eigenvalue weighted by molar-refractivity contribution is -0.168. The Morgan fingerprint density at radius 2 is 0.909 bits per heavy atom. The van der Waals surface area contributed by atoms with Crippen LogP contribution in [0.4, 0.5) is 0 Å². The predicted octanol–water partition coefficient (Wildman–Crippen LogP) is 2.78. The molecule has 0 aromatic heterocycles. The Hall–Kier alpha value is -1.72. The molecule has 0 aliphatic rings. The van der Waals surface area contributed by atoms with E-state index >= 15 is 0 Å². The molecule has 0 heterocycles. The number of carbonyl (C=O) groups is 4. The van der Waals surface area contributed by atoms with E-state index in [0.717, 1.165) is 0 Å². The molecule has 0 aliphatic carbocycles. The van der Waals surface area contributed by atoms with Gasteiger partial charge >= 0.3 is 23.9 Å². The SMILES string of the molecule is CC(C)(C)C(=O)OC(=O)CCCCC(=O)OC(=O)C(C)(C)C. The summed E-state index contributed by atoms with van der Waals surface area (Å²) in [4.78, 5) is 45.8. The number of esters is 4. The second-order valence-electron chi connectivity index (χ2n) is 7.23. The number of unbranched alkanes of at least 4 members (excludes halogenated alkanes) is 1. The van der Waals surface area contributed by atoms with Crippen molar-refractivity contribution in [2.24, 2.45) is 10.8 Å². The Morgan fingerprint density at radius 3 is 1.14 bits per heavy atom. The second-order valence-corrected chi connectivity index (χ2v) is 7.23. The van der Waals surface area contributed by atoms with Crippen molar-refractivity contribution in [3.63, 3.8) is 0 Å². The summed E-state index contributed by atoms with van der Waals surface area (Å²) < 4.78 is 9.37. The fourth-order valence-electron chi connectivity index (χ4n) is 1.15. The standard InChI is InChI=1S/C16H26O6/c1-15(2,3)13(19)21-11(17)9-7-8-10-12(18)22-14(20)16(4,5)6/h7-10H2,1-6H3. The fourth-order valence-corrected chi connectivity index (χ4v) is 1.15. The van der Waals surface area contributed by atoms with Gasteiger partial charge in [0.25, 0.3) is 0 Å². The van der Waals surface area contributed by atoms with Crippen LogP contribution in [-0.4, -0.2) is 23.9 Å². The Bertz CT molecular complexity index is 395. The summed E-state index contributed by atoms with van der Waals surface area (Å²) in [5, 5.41) is 0. The van der Waals surface area contributed by atoms with Gasteiger partial charge in [0, 0.05) is 12.8 Å². The van der Waals surface area contributed by atoms with Gasteiger partial charge in [0.15, 0.2) is 0 Å². The average molecular weight is 314 g/mol. The molecule has 0 spiro atoms. The van der Waals surface area contributed by atoms with E-state index in [9.17, 15) is 19.2 Å². The normalized spacial score (nSPS) is 11.7. The van der Waals surface area contributed by atoms with Crippen molar-refractivity contribution in [1.29, 1.82) is 0 Å². The Kier molecular flexibility index (Phi) is 7.43. The van der Waals surface area contributed by atoms with Crippen LogP contribution in [-0.2, 0) is 28.7 Å². The van der Waals surface area contributed by atoms with Crippen molar-refractivity contribution in [3.8, 4) is 0 Å². The lowest BCUT2D eigenvalue weighted by Crippen LogP contribution is -2.26. The highest BCUT2D eigenvalue weighted by Crippen LogP contribution is 2.17. The Morgan fingerprint density at radius 1 is 0.636 bits per heavy atom. The smallest absolute Gasteiger partial charge is 0.318 e. The molecule has 0 aromatic carbocycles. The van der Waals surface area contributed by atoms with Crippen molar-refractivity contribution in [2.75, 3.05) is 0 Å². The van der Waals surface area contributed by atoms with Gasteiger partial charge in [0.1, 0.15) is 0 Å². The minimum atomic E-state index is -0.729. The van der Waals surface area contributed by atoms with Crippen LogP contribution in [0.15, 0.2) is 0 Å².